The number of rotatable bonds is 3. The highest BCUT2D eigenvalue weighted by atomic mass is 16.4. The number of carboxylic acid groups (broad SMARTS) is 1. The van der Waals surface area contributed by atoms with Gasteiger partial charge in [0.25, 0.3) is 5.82 Å². The first-order valence-electron chi connectivity index (χ1n) is 4.89. The third-order valence-corrected chi connectivity index (χ3v) is 2.20. The van der Waals surface area contributed by atoms with E-state index in [-0.39, 0.29) is 5.82 Å². The molecule has 88 valence electrons. The van der Waals surface area contributed by atoms with Crippen molar-refractivity contribution in [2.45, 2.75) is 0 Å². The van der Waals surface area contributed by atoms with E-state index in [0.717, 1.165) is 5.69 Å². The van der Waals surface area contributed by atoms with Crippen LogP contribution in [0, 0.1) is 0 Å². The van der Waals surface area contributed by atoms with Crippen molar-refractivity contribution in [3.63, 3.8) is 0 Å². The molecule has 0 unspecified atom stereocenters. The standard InChI is InChI=1S/C10H11N5O2/c1-14(2)7-3-5-8(6-4-7)15-12-9(10(16)17)11-13-15/h3-6H,1-2H3,(H,16,17). The first kappa shape index (κ1) is 11.1. The van der Waals surface area contributed by atoms with Gasteiger partial charge < -0.3 is 10.0 Å². The number of nitrogens with zero attached hydrogens (tertiary/aromatic N) is 5. The number of anilines is 1. The Morgan fingerprint density at radius 1 is 1.29 bits per heavy atom. The molecule has 7 nitrogen and oxygen atoms in total. The monoisotopic (exact) mass is 233 g/mol. The van der Waals surface area contributed by atoms with Crippen molar-refractivity contribution < 1.29 is 9.90 Å². The lowest BCUT2D eigenvalue weighted by Gasteiger charge is -2.11. The Morgan fingerprint density at radius 3 is 2.41 bits per heavy atom. The van der Waals surface area contributed by atoms with Crippen LogP contribution in [0.25, 0.3) is 5.69 Å². The van der Waals surface area contributed by atoms with Gasteiger partial charge in [-0.05, 0) is 29.5 Å². The van der Waals surface area contributed by atoms with Crippen molar-refractivity contribution in [1.82, 2.24) is 20.2 Å². The fraction of sp³-hybridized carbons (Fsp3) is 0.200. The van der Waals surface area contributed by atoms with E-state index in [9.17, 15) is 4.79 Å². The van der Waals surface area contributed by atoms with Gasteiger partial charge in [-0.3, -0.25) is 0 Å². The van der Waals surface area contributed by atoms with Gasteiger partial charge in [0.1, 0.15) is 0 Å². The first-order valence-corrected chi connectivity index (χ1v) is 4.89. The Labute approximate surface area is 97.3 Å². The van der Waals surface area contributed by atoms with Crippen molar-refractivity contribution in [3.05, 3.63) is 30.1 Å². The fourth-order valence-corrected chi connectivity index (χ4v) is 1.29. The van der Waals surface area contributed by atoms with E-state index in [1.165, 1.54) is 4.80 Å². The fourth-order valence-electron chi connectivity index (χ4n) is 1.29. The van der Waals surface area contributed by atoms with Gasteiger partial charge in [-0.1, -0.05) is 0 Å². The summed E-state index contributed by atoms with van der Waals surface area (Å²) in [7, 11) is 3.87. The number of hydrogen-bond acceptors (Lipinski definition) is 5. The minimum absolute atomic E-state index is 0.318. The normalized spacial score (nSPS) is 10.2. The van der Waals surface area contributed by atoms with Gasteiger partial charge in [0, 0.05) is 19.8 Å². The van der Waals surface area contributed by atoms with Gasteiger partial charge in [0.2, 0.25) is 0 Å². The Balaban J connectivity index is 2.30. The summed E-state index contributed by atoms with van der Waals surface area (Å²) >= 11 is 0. The summed E-state index contributed by atoms with van der Waals surface area (Å²) in [6.07, 6.45) is 0. The summed E-state index contributed by atoms with van der Waals surface area (Å²) in [6.45, 7) is 0. The summed E-state index contributed by atoms with van der Waals surface area (Å²) in [4.78, 5) is 13.7. The quantitative estimate of drug-likeness (QED) is 0.827. The molecule has 2 rings (SSSR count). The number of aromatic carboxylic acids is 1. The molecular weight excluding hydrogens is 222 g/mol. The van der Waals surface area contributed by atoms with E-state index >= 15 is 0 Å². The van der Waals surface area contributed by atoms with Gasteiger partial charge in [0.15, 0.2) is 0 Å². The minimum atomic E-state index is -1.19. The van der Waals surface area contributed by atoms with E-state index in [1.54, 1.807) is 12.1 Å². The number of hydrogen-bond donors (Lipinski definition) is 1. The molecule has 0 aliphatic heterocycles. The van der Waals surface area contributed by atoms with Crippen LogP contribution >= 0.6 is 0 Å². The molecule has 0 fully saturated rings. The highest BCUT2D eigenvalue weighted by Gasteiger charge is 2.11. The molecule has 1 aromatic heterocycles. The maximum atomic E-state index is 10.6. The van der Waals surface area contributed by atoms with Crippen LogP contribution in [0.2, 0.25) is 0 Å². The van der Waals surface area contributed by atoms with Crippen molar-refractivity contribution in [1.29, 1.82) is 0 Å². The zero-order valence-corrected chi connectivity index (χ0v) is 9.40. The third-order valence-electron chi connectivity index (χ3n) is 2.20. The summed E-state index contributed by atoms with van der Waals surface area (Å²) in [6, 6.07) is 7.36. The highest BCUT2D eigenvalue weighted by Crippen LogP contribution is 2.13. The van der Waals surface area contributed by atoms with Crippen molar-refractivity contribution in [2.24, 2.45) is 0 Å². The lowest BCUT2D eigenvalue weighted by molar-refractivity contribution is 0.0683. The number of benzene rings is 1. The first-order chi connectivity index (χ1) is 8.08. The van der Waals surface area contributed by atoms with E-state index in [1.807, 2.05) is 31.1 Å². The van der Waals surface area contributed by atoms with Crippen molar-refractivity contribution in [2.75, 3.05) is 19.0 Å². The molecule has 0 bridgehead atoms. The maximum Gasteiger partial charge on any atom is 0.377 e. The molecular formula is C10H11N5O2. The molecule has 1 aromatic carbocycles. The highest BCUT2D eigenvalue weighted by molar-refractivity contribution is 5.82. The maximum absolute atomic E-state index is 10.6. The molecule has 1 heterocycles. The van der Waals surface area contributed by atoms with Crippen LogP contribution in [-0.4, -0.2) is 45.4 Å². The molecule has 0 spiro atoms. The molecule has 2 aromatic rings. The van der Waals surface area contributed by atoms with E-state index in [2.05, 4.69) is 15.4 Å². The van der Waals surface area contributed by atoms with E-state index in [4.69, 9.17) is 5.11 Å². The third kappa shape index (κ3) is 2.22. The van der Waals surface area contributed by atoms with Crippen LogP contribution < -0.4 is 4.90 Å². The van der Waals surface area contributed by atoms with Gasteiger partial charge in [0.05, 0.1) is 5.69 Å². The lowest BCUT2D eigenvalue weighted by Crippen LogP contribution is -2.08. The van der Waals surface area contributed by atoms with Gasteiger partial charge in [-0.2, -0.15) is 0 Å². The molecule has 0 amide bonds. The number of carboxylic acids is 1. The Hall–Kier alpha value is -2.44. The van der Waals surface area contributed by atoms with Crippen LogP contribution in [0.5, 0.6) is 0 Å². The molecule has 0 radical (unpaired) electrons. The van der Waals surface area contributed by atoms with Crippen molar-refractivity contribution in [3.8, 4) is 5.69 Å². The largest absolute Gasteiger partial charge is 0.475 e. The van der Waals surface area contributed by atoms with Crippen LogP contribution in [0.3, 0.4) is 0 Å². The smallest absolute Gasteiger partial charge is 0.377 e. The molecule has 0 aliphatic carbocycles. The molecule has 0 saturated carbocycles. The van der Waals surface area contributed by atoms with Crippen LogP contribution in [0.4, 0.5) is 5.69 Å². The average molecular weight is 233 g/mol. The van der Waals surface area contributed by atoms with Gasteiger partial charge >= 0.3 is 5.97 Å². The van der Waals surface area contributed by atoms with Crippen LogP contribution in [0.15, 0.2) is 24.3 Å². The Kier molecular flexibility index (Phi) is 2.73. The zero-order valence-electron chi connectivity index (χ0n) is 9.40. The molecule has 0 atom stereocenters. The van der Waals surface area contributed by atoms with E-state index in [0.29, 0.717) is 5.69 Å². The minimum Gasteiger partial charge on any atom is -0.475 e. The molecule has 7 heteroatoms. The molecule has 17 heavy (non-hydrogen) atoms. The van der Waals surface area contributed by atoms with Gasteiger partial charge in [-0.25, -0.2) is 4.79 Å². The molecule has 0 saturated heterocycles. The van der Waals surface area contributed by atoms with Crippen LogP contribution in [-0.2, 0) is 0 Å². The predicted octanol–water partition coefficient (Wildman–Crippen LogP) is 0.426. The Bertz CT molecular complexity index is 532. The number of tetrazole rings is 1. The summed E-state index contributed by atoms with van der Waals surface area (Å²) in [5.41, 5.74) is 1.70. The summed E-state index contributed by atoms with van der Waals surface area (Å²) in [5.74, 6) is -1.51. The molecule has 1 N–H and O–H groups in total. The van der Waals surface area contributed by atoms with Crippen LogP contribution in [0.1, 0.15) is 10.6 Å². The average Bonchev–Trinajstić information content (AvgIpc) is 2.78. The predicted molar refractivity (Wildman–Crippen MR) is 60.4 cm³/mol. The van der Waals surface area contributed by atoms with Gasteiger partial charge in [-0.15, -0.1) is 15.0 Å². The summed E-state index contributed by atoms with van der Waals surface area (Å²) in [5, 5.41) is 19.5. The second-order valence-corrected chi connectivity index (χ2v) is 3.62. The lowest BCUT2D eigenvalue weighted by atomic mass is 10.3. The second-order valence-electron chi connectivity index (χ2n) is 3.62. The second kappa shape index (κ2) is 4.20. The number of carbonyl (C=O) groups is 1. The zero-order chi connectivity index (χ0) is 12.4. The number of aromatic nitrogens is 4. The SMILES string of the molecule is CN(C)c1ccc(-n2nnc(C(=O)O)n2)cc1. The van der Waals surface area contributed by atoms with E-state index < -0.39 is 5.97 Å². The van der Waals surface area contributed by atoms with Crippen molar-refractivity contribution >= 4 is 11.7 Å². The Morgan fingerprint density at radius 2 is 1.94 bits per heavy atom. The molecule has 0 aliphatic rings. The summed E-state index contributed by atoms with van der Waals surface area (Å²) < 4.78 is 0. The topological polar surface area (TPSA) is 84.1 Å².